The molecule has 0 N–H and O–H groups in total. The Morgan fingerprint density at radius 3 is 2.76 bits per heavy atom. The number of carbonyl (C=O) groups excluding carboxylic acids is 1. The second-order valence-electron chi connectivity index (χ2n) is 3.70. The molecule has 1 aromatic heterocycles. The number of nitriles is 1. The first-order chi connectivity index (χ1) is 10.2. The van der Waals surface area contributed by atoms with Crippen molar-refractivity contribution in [2.75, 3.05) is 5.94 Å². The van der Waals surface area contributed by atoms with Gasteiger partial charge in [-0.05, 0) is 35.7 Å². The minimum absolute atomic E-state index is 0.199. The number of nitrogens with zero attached hydrogens (tertiary/aromatic N) is 2. The Morgan fingerprint density at radius 2 is 2.14 bits per heavy atom. The summed E-state index contributed by atoms with van der Waals surface area (Å²) in [7, 11) is 0. The van der Waals surface area contributed by atoms with Gasteiger partial charge in [0.2, 0.25) is 11.5 Å². The van der Waals surface area contributed by atoms with Gasteiger partial charge in [-0.1, -0.05) is 34.6 Å². The van der Waals surface area contributed by atoms with E-state index in [0.717, 1.165) is 4.90 Å². The first-order valence-corrected chi connectivity index (χ1v) is 8.01. The highest BCUT2D eigenvalue weighted by atomic mass is 35.5. The molecule has 106 valence electrons. The van der Waals surface area contributed by atoms with Gasteiger partial charge in [-0.25, -0.2) is 0 Å². The van der Waals surface area contributed by atoms with Gasteiger partial charge >= 0.3 is 0 Å². The average molecular weight is 337 g/mol. The summed E-state index contributed by atoms with van der Waals surface area (Å²) in [6, 6.07) is 12.4. The molecule has 0 spiro atoms. The molecule has 0 saturated carbocycles. The van der Waals surface area contributed by atoms with Crippen LogP contribution in [0.15, 0.2) is 51.8 Å². The molecule has 0 bridgehead atoms. The Hall–Kier alpha value is -1.81. The lowest BCUT2D eigenvalue weighted by molar-refractivity contribution is 0.106. The first kappa shape index (κ1) is 15.6. The number of thioether (sulfide) groups is 1. The lowest BCUT2D eigenvalue weighted by atomic mass is 10.2. The van der Waals surface area contributed by atoms with Gasteiger partial charge in [0.05, 0.1) is 4.88 Å². The summed E-state index contributed by atoms with van der Waals surface area (Å²) in [6.45, 7) is 0. The number of rotatable bonds is 6. The standard InChI is InChI=1S/C14H9ClN2O2S2/c15-10-3-5-11(6-4-10)21-9-19-17-12(8-16)14(18)13-2-1-7-20-13/h1-7H,9H2/b17-12+. The zero-order chi connectivity index (χ0) is 15.1. The summed E-state index contributed by atoms with van der Waals surface area (Å²) in [5.74, 6) is -0.228. The van der Waals surface area contributed by atoms with E-state index in [9.17, 15) is 4.79 Å². The molecule has 0 atom stereocenters. The van der Waals surface area contributed by atoms with Crippen molar-refractivity contribution in [3.05, 3.63) is 51.7 Å². The van der Waals surface area contributed by atoms with E-state index in [1.807, 2.05) is 12.1 Å². The van der Waals surface area contributed by atoms with Gasteiger partial charge in [0, 0.05) is 9.92 Å². The first-order valence-electron chi connectivity index (χ1n) is 5.77. The van der Waals surface area contributed by atoms with Crippen LogP contribution in [-0.2, 0) is 4.84 Å². The molecular formula is C14H9ClN2O2S2. The van der Waals surface area contributed by atoms with Gasteiger partial charge in [0.25, 0.3) is 0 Å². The molecule has 0 aliphatic heterocycles. The number of carbonyl (C=O) groups is 1. The van der Waals surface area contributed by atoms with Gasteiger partial charge in [-0.3, -0.25) is 4.79 Å². The van der Waals surface area contributed by atoms with E-state index in [2.05, 4.69) is 5.16 Å². The topological polar surface area (TPSA) is 62.4 Å². The molecule has 1 aromatic carbocycles. The van der Waals surface area contributed by atoms with Crippen molar-refractivity contribution in [3.63, 3.8) is 0 Å². The molecule has 0 fully saturated rings. The third-order valence-corrected chi connectivity index (χ3v) is 4.26. The Balaban J connectivity index is 1.89. The predicted octanol–water partition coefficient (Wildman–Crippen LogP) is 4.23. The normalized spacial score (nSPS) is 11.0. The van der Waals surface area contributed by atoms with Crippen LogP contribution in [0.4, 0.5) is 0 Å². The van der Waals surface area contributed by atoms with Crippen LogP contribution in [0, 0.1) is 11.3 Å². The molecule has 1 heterocycles. The van der Waals surface area contributed by atoms with E-state index >= 15 is 0 Å². The van der Waals surface area contributed by atoms with Crippen molar-refractivity contribution in [1.29, 1.82) is 5.26 Å². The van der Waals surface area contributed by atoms with E-state index in [4.69, 9.17) is 21.7 Å². The lowest BCUT2D eigenvalue weighted by Gasteiger charge is -2.01. The maximum atomic E-state index is 11.9. The van der Waals surface area contributed by atoms with Crippen LogP contribution in [0.3, 0.4) is 0 Å². The Morgan fingerprint density at radius 1 is 1.38 bits per heavy atom. The highest BCUT2D eigenvalue weighted by molar-refractivity contribution is 7.99. The lowest BCUT2D eigenvalue weighted by Crippen LogP contribution is -2.11. The molecular weight excluding hydrogens is 328 g/mol. The number of hydrogen-bond acceptors (Lipinski definition) is 6. The minimum atomic E-state index is -0.427. The molecule has 0 unspecified atom stereocenters. The van der Waals surface area contributed by atoms with Crippen molar-refractivity contribution in [3.8, 4) is 6.07 Å². The molecule has 7 heteroatoms. The molecule has 0 radical (unpaired) electrons. The van der Waals surface area contributed by atoms with Gasteiger partial charge < -0.3 is 4.84 Å². The summed E-state index contributed by atoms with van der Waals surface area (Å²) in [6.07, 6.45) is 0. The Bertz CT molecular complexity index is 676. The zero-order valence-electron chi connectivity index (χ0n) is 10.7. The third kappa shape index (κ3) is 4.60. The largest absolute Gasteiger partial charge is 0.383 e. The number of hydrogen-bond donors (Lipinski definition) is 0. The number of halogens is 1. The molecule has 0 aliphatic rings. The van der Waals surface area contributed by atoms with E-state index in [1.54, 1.807) is 35.7 Å². The van der Waals surface area contributed by atoms with Gasteiger partial charge in [0.15, 0.2) is 5.94 Å². The van der Waals surface area contributed by atoms with Crippen LogP contribution in [0.2, 0.25) is 5.02 Å². The molecule has 0 amide bonds. The Kier molecular flexibility index (Phi) is 5.81. The van der Waals surface area contributed by atoms with Crippen LogP contribution < -0.4 is 0 Å². The summed E-state index contributed by atoms with van der Waals surface area (Å²) < 4.78 is 0. The highest BCUT2D eigenvalue weighted by Crippen LogP contribution is 2.20. The molecule has 0 aliphatic carbocycles. The van der Waals surface area contributed by atoms with Crippen LogP contribution in [0.25, 0.3) is 0 Å². The van der Waals surface area contributed by atoms with Crippen LogP contribution in [0.5, 0.6) is 0 Å². The number of oxime groups is 1. The number of thiophene rings is 1. The quantitative estimate of drug-likeness (QED) is 0.198. The SMILES string of the molecule is N#C/C(=N\OCSc1ccc(Cl)cc1)C(=O)c1cccs1. The fourth-order valence-corrected chi connectivity index (χ4v) is 2.71. The second-order valence-corrected chi connectivity index (χ2v) is 6.08. The summed E-state index contributed by atoms with van der Waals surface area (Å²) in [5, 5.41) is 15.0. The molecule has 0 saturated heterocycles. The van der Waals surface area contributed by atoms with Crippen molar-refractivity contribution >= 4 is 46.2 Å². The molecule has 21 heavy (non-hydrogen) atoms. The van der Waals surface area contributed by atoms with E-state index < -0.39 is 5.78 Å². The summed E-state index contributed by atoms with van der Waals surface area (Å²) >= 11 is 8.42. The van der Waals surface area contributed by atoms with Crippen molar-refractivity contribution in [2.24, 2.45) is 5.16 Å². The molecule has 2 aromatic rings. The van der Waals surface area contributed by atoms with Gasteiger partial charge in [-0.15, -0.1) is 11.3 Å². The fraction of sp³-hybridized carbons (Fsp3) is 0.0714. The van der Waals surface area contributed by atoms with Crippen LogP contribution in [-0.4, -0.2) is 17.4 Å². The van der Waals surface area contributed by atoms with Crippen molar-refractivity contribution in [1.82, 2.24) is 0 Å². The molecule has 4 nitrogen and oxygen atoms in total. The van der Waals surface area contributed by atoms with E-state index in [-0.39, 0.29) is 11.7 Å². The smallest absolute Gasteiger partial charge is 0.235 e. The fourth-order valence-electron chi connectivity index (χ4n) is 1.35. The number of Topliss-reactive ketones (excluding diaryl/α,β-unsaturated/α-hetero) is 1. The number of benzene rings is 1. The second kappa shape index (κ2) is 7.84. The van der Waals surface area contributed by atoms with Crippen LogP contribution >= 0.6 is 34.7 Å². The summed E-state index contributed by atoms with van der Waals surface area (Å²) in [5.41, 5.74) is -0.255. The minimum Gasteiger partial charge on any atom is -0.383 e. The maximum Gasteiger partial charge on any atom is 0.235 e. The monoisotopic (exact) mass is 336 g/mol. The maximum absolute atomic E-state index is 11.9. The predicted molar refractivity (Wildman–Crippen MR) is 85.0 cm³/mol. The van der Waals surface area contributed by atoms with Crippen molar-refractivity contribution in [2.45, 2.75) is 4.90 Å². The van der Waals surface area contributed by atoms with E-state index in [0.29, 0.717) is 9.90 Å². The zero-order valence-corrected chi connectivity index (χ0v) is 13.0. The highest BCUT2D eigenvalue weighted by Gasteiger charge is 2.15. The Labute approximate surface area is 135 Å². The summed E-state index contributed by atoms with van der Waals surface area (Å²) in [4.78, 5) is 18.3. The van der Waals surface area contributed by atoms with Crippen LogP contribution in [0.1, 0.15) is 9.67 Å². The molecule has 2 rings (SSSR count). The third-order valence-electron chi connectivity index (χ3n) is 2.31. The van der Waals surface area contributed by atoms with Gasteiger partial charge in [-0.2, -0.15) is 5.26 Å². The number of ketones is 1. The average Bonchev–Trinajstić information content (AvgIpc) is 3.03. The van der Waals surface area contributed by atoms with E-state index in [1.165, 1.54) is 23.1 Å². The van der Waals surface area contributed by atoms with Crippen molar-refractivity contribution < 1.29 is 9.63 Å². The van der Waals surface area contributed by atoms with Gasteiger partial charge in [0.1, 0.15) is 6.07 Å².